The van der Waals surface area contributed by atoms with Crippen molar-refractivity contribution in [3.8, 4) is 0 Å². The zero-order chi connectivity index (χ0) is 11.0. The van der Waals surface area contributed by atoms with Crippen LogP contribution in [0.1, 0.15) is 0 Å². The molecule has 0 saturated carbocycles. The molecule has 0 bridgehead atoms. The van der Waals surface area contributed by atoms with Crippen LogP contribution in [0.4, 0.5) is 4.39 Å². The largest absolute Gasteiger partial charge is 0.349 e. The van der Waals surface area contributed by atoms with Crippen LogP contribution in [0, 0.1) is 5.82 Å². The molecule has 0 aliphatic rings. The third kappa shape index (κ3) is 1.65. The first kappa shape index (κ1) is 10.2. The number of aryl methyl sites for hydroxylation is 1. The van der Waals surface area contributed by atoms with Gasteiger partial charge in [0.2, 0.25) is 5.43 Å². The molecular formula is C11H10FNOS. The first-order valence-corrected chi connectivity index (χ1v) is 5.69. The van der Waals surface area contributed by atoms with Gasteiger partial charge in [-0.05, 0) is 24.5 Å². The molecule has 0 fully saturated rings. The predicted octanol–water partition coefficient (Wildman–Crippen LogP) is 2.40. The Kier molecular flexibility index (Phi) is 2.52. The smallest absolute Gasteiger partial charge is 0.202 e. The molecule has 0 atom stereocenters. The Morgan fingerprint density at radius 2 is 2.13 bits per heavy atom. The Bertz CT molecular complexity index is 577. The highest BCUT2D eigenvalue weighted by Crippen LogP contribution is 2.16. The van der Waals surface area contributed by atoms with Gasteiger partial charge in [0.25, 0.3) is 0 Å². The van der Waals surface area contributed by atoms with Crippen molar-refractivity contribution in [2.45, 2.75) is 4.90 Å². The minimum atomic E-state index is -0.325. The Labute approximate surface area is 90.7 Å². The fraction of sp³-hybridized carbons (Fsp3) is 0.182. The van der Waals surface area contributed by atoms with Crippen molar-refractivity contribution < 1.29 is 4.39 Å². The highest BCUT2D eigenvalue weighted by atomic mass is 32.2. The van der Waals surface area contributed by atoms with Crippen molar-refractivity contribution in [3.63, 3.8) is 0 Å². The van der Waals surface area contributed by atoms with Gasteiger partial charge in [0.1, 0.15) is 5.82 Å². The normalized spacial score (nSPS) is 10.9. The summed E-state index contributed by atoms with van der Waals surface area (Å²) in [6, 6.07) is 4.22. The number of hydrogen-bond donors (Lipinski definition) is 0. The SMILES string of the molecule is CSc1cn(C)c2cc(F)ccc2c1=O. The minimum absolute atomic E-state index is 0.0319. The van der Waals surface area contributed by atoms with E-state index in [1.54, 1.807) is 17.8 Å². The molecular weight excluding hydrogens is 213 g/mol. The van der Waals surface area contributed by atoms with Gasteiger partial charge in [-0.3, -0.25) is 4.79 Å². The predicted molar refractivity (Wildman–Crippen MR) is 60.9 cm³/mol. The van der Waals surface area contributed by atoms with Crippen LogP contribution in [-0.4, -0.2) is 10.8 Å². The molecule has 15 heavy (non-hydrogen) atoms. The number of thioether (sulfide) groups is 1. The van der Waals surface area contributed by atoms with E-state index >= 15 is 0 Å². The summed E-state index contributed by atoms with van der Waals surface area (Å²) >= 11 is 1.40. The van der Waals surface area contributed by atoms with Gasteiger partial charge in [0.05, 0.1) is 10.4 Å². The number of fused-ring (bicyclic) bond motifs is 1. The van der Waals surface area contributed by atoms with E-state index < -0.39 is 0 Å². The summed E-state index contributed by atoms with van der Waals surface area (Å²) in [7, 11) is 1.81. The van der Waals surface area contributed by atoms with Crippen LogP contribution in [-0.2, 0) is 7.05 Å². The number of pyridine rings is 1. The zero-order valence-corrected chi connectivity index (χ0v) is 9.27. The first-order valence-electron chi connectivity index (χ1n) is 4.46. The van der Waals surface area contributed by atoms with E-state index in [1.807, 2.05) is 6.26 Å². The van der Waals surface area contributed by atoms with Gasteiger partial charge < -0.3 is 4.57 Å². The summed E-state index contributed by atoms with van der Waals surface area (Å²) in [5.74, 6) is -0.325. The van der Waals surface area contributed by atoms with E-state index in [-0.39, 0.29) is 11.2 Å². The fourth-order valence-corrected chi connectivity index (χ4v) is 2.13. The number of rotatable bonds is 1. The van der Waals surface area contributed by atoms with Crippen molar-refractivity contribution in [3.05, 3.63) is 40.4 Å². The highest BCUT2D eigenvalue weighted by molar-refractivity contribution is 7.98. The van der Waals surface area contributed by atoms with E-state index in [0.717, 1.165) is 0 Å². The summed E-state index contributed by atoms with van der Waals surface area (Å²) < 4.78 is 14.8. The van der Waals surface area contributed by atoms with Crippen LogP contribution in [0.3, 0.4) is 0 Å². The zero-order valence-electron chi connectivity index (χ0n) is 8.45. The lowest BCUT2D eigenvalue weighted by molar-refractivity contribution is 0.628. The Morgan fingerprint density at radius 3 is 2.80 bits per heavy atom. The van der Waals surface area contributed by atoms with Crippen molar-refractivity contribution in [1.29, 1.82) is 0 Å². The molecule has 2 rings (SSSR count). The lowest BCUT2D eigenvalue weighted by Gasteiger charge is -2.07. The molecule has 0 amide bonds. The number of nitrogens with zero attached hydrogens (tertiary/aromatic N) is 1. The molecule has 1 aromatic heterocycles. The Morgan fingerprint density at radius 1 is 1.40 bits per heavy atom. The van der Waals surface area contributed by atoms with E-state index in [9.17, 15) is 9.18 Å². The summed E-state index contributed by atoms with van der Waals surface area (Å²) in [5, 5.41) is 0.561. The number of halogens is 1. The molecule has 0 aliphatic carbocycles. The van der Waals surface area contributed by atoms with Crippen LogP contribution in [0.25, 0.3) is 10.9 Å². The standard InChI is InChI=1S/C11H10FNOS/c1-13-6-10(15-2)11(14)8-4-3-7(12)5-9(8)13/h3-6H,1-2H3. The van der Waals surface area contributed by atoms with Crippen LogP contribution < -0.4 is 5.43 Å². The molecule has 78 valence electrons. The topological polar surface area (TPSA) is 22.0 Å². The van der Waals surface area contributed by atoms with Crippen molar-refractivity contribution in [2.75, 3.05) is 6.26 Å². The van der Waals surface area contributed by atoms with Gasteiger partial charge in [-0.2, -0.15) is 0 Å². The Balaban J connectivity index is 2.93. The summed E-state index contributed by atoms with van der Waals surface area (Å²) in [6.45, 7) is 0. The van der Waals surface area contributed by atoms with Gasteiger partial charge in [-0.1, -0.05) is 0 Å². The maximum Gasteiger partial charge on any atom is 0.202 e. The molecule has 0 unspecified atom stereocenters. The lowest BCUT2D eigenvalue weighted by atomic mass is 10.2. The summed E-state index contributed by atoms with van der Waals surface area (Å²) in [5.41, 5.74) is 0.591. The van der Waals surface area contributed by atoms with Gasteiger partial charge in [-0.15, -0.1) is 11.8 Å². The molecule has 0 saturated heterocycles. The monoisotopic (exact) mass is 223 g/mol. The van der Waals surface area contributed by atoms with Crippen LogP contribution in [0.5, 0.6) is 0 Å². The molecule has 0 aliphatic heterocycles. The molecule has 0 N–H and O–H groups in total. The molecule has 4 heteroatoms. The molecule has 2 aromatic rings. The Hall–Kier alpha value is -1.29. The third-order valence-electron chi connectivity index (χ3n) is 2.34. The maximum absolute atomic E-state index is 13.0. The third-order valence-corrected chi connectivity index (χ3v) is 3.07. The van der Waals surface area contributed by atoms with Gasteiger partial charge >= 0.3 is 0 Å². The highest BCUT2D eigenvalue weighted by Gasteiger charge is 2.06. The van der Waals surface area contributed by atoms with E-state index in [2.05, 4.69) is 0 Å². The van der Waals surface area contributed by atoms with Crippen molar-refractivity contribution >= 4 is 22.7 Å². The molecule has 0 radical (unpaired) electrons. The number of hydrogen-bond acceptors (Lipinski definition) is 2. The average molecular weight is 223 g/mol. The van der Waals surface area contributed by atoms with Gasteiger partial charge in [0.15, 0.2) is 0 Å². The molecule has 0 spiro atoms. The van der Waals surface area contributed by atoms with E-state index in [0.29, 0.717) is 15.8 Å². The van der Waals surface area contributed by atoms with Crippen LogP contribution >= 0.6 is 11.8 Å². The second-order valence-corrected chi connectivity index (χ2v) is 4.15. The van der Waals surface area contributed by atoms with Gasteiger partial charge in [0, 0.05) is 18.6 Å². The fourth-order valence-electron chi connectivity index (χ4n) is 1.57. The number of aromatic nitrogens is 1. The number of benzene rings is 1. The second-order valence-electron chi connectivity index (χ2n) is 3.30. The average Bonchev–Trinajstić information content (AvgIpc) is 2.23. The molecule has 1 aromatic carbocycles. The lowest BCUT2D eigenvalue weighted by Crippen LogP contribution is -2.09. The summed E-state index contributed by atoms with van der Waals surface area (Å²) in [4.78, 5) is 12.5. The second kappa shape index (κ2) is 3.70. The van der Waals surface area contributed by atoms with Crippen LogP contribution in [0.2, 0.25) is 0 Å². The van der Waals surface area contributed by atoms with Crippen molar-refractivity contribution in [1.82, 2.24) is 4.57 Å². The summed E-state index contributed by atoms with van der Waals surface area (Å²) in [6.07, 6.45) is 3.58. The minimum Gasteiger partial charge on any atom is -0.349 e. The first-order chi connectivity index (χ1) is 7.13. The van der Waals surface area contributed by atoms with Gasteiger partial charge in [-0.25, -0.2) is 4.39 Å². The molecule has 1 heterocycles. The van der Waals surface area contributed by atoms with Crippen LogP contribution in [0.15, 0.2) is 34.1 Å². The van der Waals surface area contributed by atoms with Crippen molar-refractivity contribution in [2.24, 2.45) is 7.05 Å². The molecule has 2 nitrogen and oxygen atoms in total. The quantitative estimate of drug-likeness (QED) is 0.692. The maximum atomic E-state index is 13.0. The van der Waals surface area contributed by atoms with E-state index in [4.69, 9.17) is 0 Å². The van der Waals surface area contributed by atoms with E-state index in [1.165, 1.54) is 30.0 Å².